The molecular formula is C12H25N3O4S2. The highest BCUT2D eigenvalue weighted by Crippen LogP contribution is 2.19. The average molecular weight is 339 g/mol. The lowest BCUT2D eigenvalue weighted by Crippen LogP contribution is -2.56. The highest BCUT2D eigenvalue weighted by atomic mass is 32.2. The first kappa shape index (κ1) is 18.4. The minimum atomic E-state index is -3.29. The molecule has 7 nitrogen and oxygen atoms in total. The van der Waals surface area contributed by atoms with Crippen LogP contribution in [0.5, 0.6) is 0 Å². The van der Waals surface area contributed by atoms with Crippen molar-refractivity contribution < 1.29 is 17.4 Å². The Labute approximate surface area is 129 Å². The van der Waals surface area contributed by atoms with Crippen molar-refractivity contribution in [3.63, 3.8) is 0 Å². The van der Waals surface area contributed by atoms with Gasteiger partial charge in [0.05, 0.1) is 6.26 Å². The summed E-state index contributed by atoms with van der Waals surface area (Å²) in [7, 11) is -4.27. The molecule has 0 saturated heterocycles. The summed E-state index contributed by atoms with van der Waals surface area (Å²) >= 11 is 0. The van der Waals surface area contributed by atoms with Crippen molar-refractivity contribution in [2.45, 2.75) is 50.7 Å². The molecule has 0 heterocycles. The molecule has 0 aromatic rings. The molecule has 1 aliphatic rings. The summed E-state index contributed by atoms with van der Waals surface area (Å²) in [5.41, 5.74) is 0. The van der Waals surface area contributed by atoms with E-state index in [1.807, 2.05) is 0 Å². The average Bonchev–Trinajstić information content (AvgIpc) is 2.28. The molecule has 1 fully saturated rings. The summed E-state index contributed by atoms with van der Waals surface area (Å²) < 4.78 is 36.4. The summed E-state index contributed by atoms with van der Waals surface area (Å²) in [5, 5.41) is 5.54. The fourth-order valence-electron chi connectivity index (χ4n) is 2.55. The van der Waals surface area contributed by atoms with Crippen LogP contribution < -0.4 is 15.4 Å². The van der Waals surface area contributed by atoms with Gasteiger partial charge in [-0.25, -0.2) is 17.9 Å². The number of carbonyl (C=O) groups excluding carboxylic acids is 1. The zero-order valence-electron chi connectivity index (χ0n) is 12.7. The molecular weight excluding hydrogens is 314 g/mol. The minimum Gasteiger partial charge on any atom is -0.335 e. The zero-order valence-corrected chi connectivity index (χ0v) is 14.4. The topological polar surface area (TPSA) is 104 Å². The molecule has 4 unspecified atom stereocenters. The third-order valence-corrected chi connectivity index (χ3v) is 5.01. The zero-order chi connectivity index (χ0) is 16.0. The lowest BCUT2D eigenvalue weighted by atomic mass is 9.91. The van der Waals surface area contributed by atoms with Crippen LogP contribution in [0.2, 0.25) is 0 Å². The Hall–Kier alpha value is -0.670. The second-order valence-electron chi connectivity index (χ2n) is 5.65. The molecule has 21 heavy (non-hydrogen) atoms. The van der Waals surface area contributed by atoms with E-state index in [4.69, 9.17) is 0 Å². The molecule has 0 spiro atoms. The monoisotopic (exact) mass is 339 g/mol. The molecule has 4 atom stereocenters. The SMILES string of the molecule is CC(CS(C)=O)NC(=O)NC1CCCCC1NS(C)(=O)=O. The van der Waals surface area contributed by atoms with Crippen LogP contribution in [0.3, 0.4) is 0 Å². The van der Waals surface area contributed by atoms with Crippen LogP contribution in [-0.2, 0) is 20.8 Å². The minimum absolute atomic E-state index is 0.194. The van der Waals surface area contributed by atoms with Crippen LogP contribution in [-0.4, -0.2) is 55.0 Å². The van der Waals surface area contributed by atoms with Crippen molar-refractivity contribution in [1.82, 2.24) is 15.4 Å². The van der Waals surface area contributed by atoms with Gasteiger partial charge in [-0.15, -0.1) is 0 Å². The van der Waals surface area contributed by atoms with E-state index >= 15 is 0 Å². The second kappa shape index (κ2) is 8.09. The quantitative estimate of drug-likeness (QED) is 0.629. The van der Waals surface area contributed by atoms with E-state index in [1.165, 1.54) is 0 Å². The van der Waals surface area contributed by atoms with Crippen molar-refractivity contribution in [3.8, 4) is 0 Å². The number of rotatable bonds is 6. The van der Waals surface area contributed by atoms with Crippen LogP contribution in [0.1, 0.15) is 32.6 Å². The molecule has 9 heteroatoms. The normalized spacial score (nSPS) is 25.9. The Balaban J connectivity index is 2.53. The first-order valence-electron chi connectivity index (χ1n) is 7.01. The van der Waals surface area contributed by atoms with Crippen LogP contribution in [0, 0.1) is 0 Å². The number of sulfonamides is 1. The summed E-state index contributed by atoms with van der Waals surface area (Å²) in [6, 6.07) is -1.02. The van der Waals surface area contributed by atoms with Gasteiger partial charge in [-0.3, -0.25) is 4.21 Å². The molecule has 1 saturated carbocycles. The van der Waals surface area contributed by atoms with E-state index in [0.29, 0.717) is 12.2 Å². The molecule has 0 aromatic heterocycles. The number of nitrogens with one attached hydrogen (secondary N) is 3. The molecule has 2 amide bonds. The van der Waals surface area contributed by atoms with Crippen LogP contribution in [0.25, 0.3) is 0 Å². The molecule has 3 N–H and O–H groups in total. The first-order chi connectivity index (χ1) is 9.67. The maximum absolute atomic E-state index is 11.9. The fraction of sp³-hybridized carbons (Fsp3) is 0.917. The molecule has 1 aliphatic carbocycles. The van der Waals surface area contributed by atoms with E-state index in [-0.39, 0.29) is 24.2 Å². The van der Waals surface area contributed by atoms with Crippen LogP contribution >= 0.6 is 0 Å². The highest BCUT2D eigenvalue weighted by molar-refractivity contribution is 7.88. The van der Waals surface area contributed by atoms with E-state index < -0.39 is 20.8 Å². The Morgan fingerprint density at radius 2 is 1.86 bits per heavy atom. The van der Waals surface area contributed by atoms with E-state index in [9.17, 15) is 17.4 Å². The van der Waals surface area contributed by atoms with Gasteiger partial charge in [-0.2, -0.15) is 0 Å². The molecule has 0 bridgehead atoms. The number of hydrogen-bond donors (Lipinski definition) is 3. The largest absolute Gasteiger partial charge is 0.335 e. The summed E-state index contributed by atoms with van der Waals surface area (Å²) in [4.78, 5) is 11.9. The van der Waals surface area contributed by atoms with E-state index in [0.717, 1.165) is 25.5 Å². The number of hydrogen-bond acceptors (Lipinski definition) is 4. The van der Waals surface area contributed by atoms with Crippen LogP contribution in [0.4, 0.5) is 4.79 Å². The molecule has 1 rings (SSSR count). The lowest BCUT2D eigenvalue weighted by molar-refractivity contribution is 0.225. The Morgan fingerprint density at radius 1 is 1.29 bits per heavy atom. The van der Waals surface area contributed by atoms with Crippen molar-refractivity contribution in [2.75, 3.05) is 18.3 Å². The highest BCUT2D eigenvalue weighted by Gasteiger charge is 2.28. The second-order valence-corrected chi connectivity index (χ2v) is 8.91. The van der Waals surface area contributed by atoms with Gasteiger partial charge >= 0.3 is 6.03 Å². The number of carbonyl (C=O) groups is 1. The smallest absolute Gasteiger partial charge is 0.315 e. The standard InChI is InChI=1S/C12H25N3O4S2/c1-9(8-20(2)17)13-12(16)14-10-6-4-5-7-11(10)15-21(3,18)19/h9-11,15H,4-8H2,1-3H3,(H2,13,14,16). The van der Waals surface area contributed by atoms with Gasteiger partial charge in [0.1, 0.15) is 0 Å². The Morgan fingerprint density at radius 3 is 2.38 bits per heavy atom. The summed E-state index contributed by atoms with van der Waals surface area (Å²) in [6.45, 7) is 1.79. The van der Waals surface area contributed by atoms with Gasteiger partial charge in [-0.05, 0) is 19.8 Å². The summed E-state index contributed by atoms with van der Waals surface area (Å²) in [6.07, 6.45) is 6.07. The van der Waals surface area contributed by atoms with E-state index in [2.05, 4.69) is 15.4 Å². The number of urea groups is 1. The number of amides is 2. The van der Waals surface area contributed by atoms with Gasteiger partial charge in [0, 0.05) is 40.9 Å². The third-order valence-electron chi connectivity index (χ3n) is 3.31. The van der Waals surface area contributed by atoms with E-state index in [1.54, 1.807) is 13.2 Å². The van der Waals surface area contributed by atoms with Crippen molar-refractivity contribution in [3.05, 3.63) is 0 Å². The van der Waals surface area contributed by atoms with Crippen molar-refractivity contribution >= 4 is 26.9 Å². The van der Waals surface area contributed by atoms with Gasteiger partial charge < -0.3 is 10.6 Å². The van der Waals surface area contributed by atoms with Gasteiger partial charge in [0.2, 0.25) is 10.0 Å². The van der Waals surface area contributed by atoms with Crippen molar-refractivity contribution in [1.29, 1.82) is 0 Å². The molecule has 0 aliphatic heterocycles. The van der Waals surface area contributed by atoms with Gasteiger partial charge in [0.15, 0.2) is 0 Å². The predicted molar refractivity (Wildman–Crippen MR) is 84.1 cm³/mol. The Bertz CT molecular complexity index is 481. The molecule has 0 aromatic carbocycles. The first-order valence-corrected chi connectivity index (χ1v) is 10.6. The van der Waals surface area contributed by atoms with Gasteiger partial charge in [0.25, 0.3) is 0 Å². The third kappa shape index (κ3) is 7.77. The predicted octanol–water partition coefficient (Wildman–Crippen LogP) is -0.0870. The maximum Gasteiger partial charge on any atom is 0.315 e. The van der Waals surface area contributed by atoms with Crippen molar-refractivity contribution in [2.24, 2.45) is 0 Å². The molecule has 124 valence electrons. The Kier molecular flexibility index (Phi) is 7.08. The fourth-order valence-corrected chi connectivity index (χ4v) is 4.17. The van der Waals surface area contributed by atoms with Gasteiger partial charge in [-0.1, -0.05) is 12.8 Å². The molecule has 0 radical (unpaired) electrons. The lowest BCUT2D eigenvalue weighted by Gasteiger charge is -2.32. The maximum atomic E-state index is 11.9. The van der Waals surface area contributed by atoms with Crippen LogP contribution in [0.15, 0.2) is 0 Å². The summed E-state index contributed by atoms with van der Waals surface area (Å²) in [5.74, 6) is 0.392.